The maximum Gasteiger partial charge on any atom is 0.265 e. The molecule has 3 aromatic heterocycles. The number of aromatic hydroxyl groups is 1. The van der Waals surface area contributed by atoms with Gasteiger partial charge in [-0.25, -0.2) is 15.0 Å². The fourth-order valence-electron chi connectivity index (χ4n) is 3.49. The third kappa shape index (κ3) is 5.72. The van der Waals surface area contributed by atoms with Crippen LogP contribution in [0, 0.1) is 0 Å². The van der Waals surface area contributed by atoms with Crippen molar-refractivity contribution < 1.29 is 15.0 Å². The van der Waals surface area contributed by atoms with Crippen LogP contribution in [0.2, 0.25) is 0 Å². The first-order valence-corrected chi connectivity index (χ1v) is 13.0. The van der Waals surface area contributed by atoms with Gasteiger partial charge in [-0.2, -0.15) is 0 Å². The van der Waals surface area contributed by atoms with Gasteiger partial charge in [0.2, 0.25) is 0 Å². The molecule has 0 fully saturated rings. The van der Waals surface area contributed by atoms with Crippen molar-refractivity contribution in [3.05, 3.63) is 89.7 Å². The summed E-state index contributed by atoms with van der Waals surface area (Å²) < 4.78 is 0.844. The molecule has 1 amide bonds. The summed E-state index contributed by atoms with van der Waals surface area (Å²) in [5.74, 6) is 0.489. The van der Waals surface area contributed by atoms with E-state index in [1.807, 2.05) is 48.5 Å². The predicted molar refractivity (Wildman–Crippen MR) is 147 cm³/mol. The van der Waals surface area contributed by atoms with Crippen molar-refractivity contribution in [2.75, 3.05) is 10.6 Å². The zero-order valence-electron chi connectivity index (χ0n) is 20.0. The number of phenols is 1. The number of thiophene rings is 1. The van der Waals surface area contributed by atoms with Gasteiger partial charge >= 0.3 is 0 Å². The molecule has 0 aliphatic rings. The lowest BCUT2D eigenvalue weighted by Gasteiger charge is -2.17. The number of amides is 1. The van der Waals surface area contributed by atoms with Crippen molar-refractivity contribution in [2.24, 2.45) is 0 Å². The van der Waals surface area contributed by atoms with Gasteiger partial charge in [0, 0.05) is 10.6 Å². The number of carbonyl (C=O) groups is 1. The summed E-state index contributed by atoms with van der Waals surface area (Å²) >= 11 is 2.82. The highest BCUT2D eigenvalue weighted by Gasteiger charge is 2.21. The van der Waals surface area contributed by atoms with E-state index < -0.39 is 5.60 Å². The molecular formula is C27H23N5O3S2. The number of rotatable bonds is 7. The van der Waals surface area contributed by atoms with Crippen molar-refractivity contribution in [1.29, 1.82) is 0 Å². The fraction of sp³-hybridized carbons (Fsp3) is 0.111. The molecule has 2 aromatic carbocycles. The molecule has 5 aromatic rings. The molecule has 4 N–H and O–H groups in total. The number of pyridine rings is 1. The van der Waals surface area contributed by atoms with Gasteiger partial charge in [0.15, 0.2) is 5.65 Å². The van der Waals surface area contributed by atoms with Gasteiger partial charge in [0.05, 0.1) is 25.9 Å². The Labute approximate surface area is 221 Å². The minimum atomic E-state index is -1.10. The number of anilines is 3. The Morgan fingerprint density at radius 2 is 1.76 bits per heavy atom. The number of benzene rings is 2. The van der Waals surface area contributed by atoms with Gasteiger partial charge in [0.25, 0.3) is 5.91 Å². The van der Waals surface area contributed by atoms with Gasteiger partial charge in [-0.3, -0.25) is 4.79 Å². The van der Waals surface area contributed by atoms with Gasteiger partial charge in [-0.05, 0) is 68.4 Å². The normalized spacial score (nSPS) is 11.4. The number of carbonyl (C=O) groups excluding carboxylic acids is 1. The van der Waals surface area contributed by atoms with E-state index in [-0.39, 0.29) is 11.7 Å². The first kappa shape index (κ1) is 24.7. The zero-order chi connectivity index (χ0) is 26.0. The van der Waals surface area contributed by atoms with Gasteiger partial charge in [-0.1, -0.05) is 30.0 Å². The van der Waals surface area contributed by atoms with Crippen LogP contribution in [0.5, 0.6) is 5.75 Å². The monoisotopic (exact) mass is 529 g/mol. The molecule has 0 saturated carbocycles. The maximum atomic E-state index is 13.0. The summed E-state index contributed by atoms with van der Waals surface area (Å²) in [6.07, 6.45) is 1.41. The molecule has 0 aliphatic heterocycles. The number of hydrogen-bond acceptors (Lipinski definition) is 9. The lowest BCUT2D eigenvalue weighted by Crippen LogP contribution is -2.17. The van der Waals surface area contributed by atoms with Crippen LogP contribution >= 0.6 is 23.1 Å². The first-order chi connectivity index (χ1) is 17.8. The van der Waals surface area contributed by atoms with Crippen LogP contribution in [0.25, 0.3) is 11.0 Å². The topological polar surface area (TPSA) is 120 Å². The highest BCUT2D eigenvalue weighted by Crippen LogP contribution is 2.42. The van der Waals surface area contributed by atoms with Crippen LogP contribution in [0.15, 0.2) is 88.2 Å². The van der Waals surface area contributed by atoms with Crippen molar-refractivity contribution in [2.45, 2.75) is 28.6 Å². The number of para-hydroxylation sites is 1. The molecule has 186 valence electrons. The Kier molecular flexibility index (Phi) is 6.79. The van der Waals surface area contributed by atoms with Crippen LogP contribution in [-0.4, -0.2) is 31.1 Å². The minimum Gasteiger partial charge on any atom is -0.508 e. The van der Waals surface area contributed by atoms with Crippen molar-refractivity contribution in [3.63, 3.8) is 0 Å². The van der Waals surface area contributed by atoms with E-state index in [1.54, 1.807) is 38.1 Å². The smallest absolute Gasteiger partial charge is 0.265 e. The molecule has 0 unspecified atom stereocenters. The second-order valence-electron chi connectivity index (χ2n) is 8.70. The molecule has 0 spiro atoms. The Balaban J connectivity index is 1.50. The Hall–Kier alpha value is -3.99. The SMILES string of the molecule is CC(C)(O)c1ccc2c(Nc3cc(C(=O)Nc4ccccc4)sc3Sc3ccc(O)cc3)ncnc2n1. The number of fused-ring (bicyclic) bond motifs is 1. The molecule has 8 nitrogen and oxygen atoms in total. The average Bonchev–Trinajstić information content (AvgIpc) is 3.27. The van der Waals surface area contributed by atoms with Crippen molar-refractivity contribution >= 4 is 57.2 Å². The predicted octanol–water partition coefficient (Wildman–Crippen LogP) is 6.17. The van der Waals surface area contributed by atoms with Crippen LogP contribution < -0.4 is 10.6 Å². The summed E-state index contributed by atoms with van der Waals surface area (Å²) in [5, 5.41) is 26.9. The molecule has 3 heterocycles. The second-order valence-corrected chi connectivity index (χ2v) is 11.1. The summed E-state index contributed by atoms with van der Waals surface area (Å²) in [5.41, 5.74) is 1.26. The molecular weight excluding hydrogens is 506 g/mol. The van der Waals surface area contributed by atoms with E-state index >= 15 is 0 Å². The standard InChI is InChI=1S/C27H23N5O3S2/c1-27(2,35)22-13-12-19-23(28-15-29-24(19)32-22)31-20-14-21(25(34)30-16-6-4-3-5-7-16)37-26(20)36-18-10-8-17(33)9-11-18/h3-15,33,35H,1-2H3,(H,30,34)(H,28,29,31,32). The van der Waals surface area contributed by atoms with E-state index in [4.69, 9.17) is 0 Å². The Morgan fingerprint density at radius 3 is 2.49 bits per heavy atom. The summed E-state index contributed by atoms with van der Waals surface area (Å²) in [6.45, 7) is 3.34. The Bertz CT molecular complexity index is 1570. The molecule has 37 heavy (non-hydrogen) atoms. The van der Waals surface area contributed by atoms with E-state index in [0.717, 1.165) is 9.10 Å². The summed E-state index contributed by atoms with van der Waals surface area (Å²) in [7, 11) is 0. The van der Waals surface area contributed by atoms with E-state index in [0.29, 0.717) is 38.8 Å². The molecule has 10 heteroatoms. The lowest BCUT2D eigenvalue weighted by molar-refractivity contribution is 0.0741. The fourth-order valence-corrected chi connectivity index (χ4v) is 5.67. The quantitative estimate of drug-likeness (QED) is 0.198. The second kappa shape index (κ2) is 10.2. The maximum absolute atomic E-state index is 13.0. The van der Waals surface area contributed by atoms with Gasteiger partial charge in [-0.15, -0.1) is 11.3 Å². The Morgan fingerprint density at radius 1 is 1.00 bits per heavy atom. The average molecular weight is 530 g/mol. The number of phenolic OH excluding ortho intramolecular Hbond substituents is 1. The summed E-state index contributed by atoms with van der Waals surface area (Å²) in [6, 6.07) is 21.5. The molecule has 0 aliphatic carbocycles. The number of nitrogens with one attached hydrogen (secondary N) is 2. The third-order valence-corrected chi connectivity index (χ3v) is 7.72. The molecule has 0 radical (unpaired) electrons. The number of aromatic nitrogens is 3. The number of aliphatic hydroxyl groups is 1. The van der Waals surface area contributed by atoms with Gasteiger partial charge < -0.3 is 20.8 Å². The largest absolute Gasteiger partial charge is 0.508 e. The van der Waals surface area contributed by atoms with Crippen molar-refractivity contribution in [1.82, 2.24) is 15.0 Å². The molecule has 5 rings (SSSR count). The van der Waals surface area contributed by atoms with Crippen LogP contribution in [0.4, 0.5) is 17.2 Å². The highest BCUT2D eigenvalue weighted by atomic mass is 32.2. The first-order valence-electron chi connectivity index (χ1n) is 11.3. The van der Waals surface area contributed by atoms with E-state index in [1.165, 1.54) is 29.4 Å². The molecule has 0 saturated heterocycles. The molecule has 0 atom stereocenters. The molecule has 0 bridgehead atoms. The van der Waals surface area contributed by atoms with E-state index in [2.05, 4.69) is 25.6 Å². The summed E-state index contributed by atoms with van der Waals surface area (Å²) in [4.78, 5) is 27.7. The highest BCUT2D eigenvalue weighted by molar-refractivity contribution is 8.01. The van der Waals surface area contributed by atoms with Crippen molar-refractivity contribution in [3.8, 4) is 5.75 Å². The number of nitrogens with zero attached hydrogens (tertiary/aromatic N) is 3. The van der Waals surface area contributed by atoms with Gasteiger partial charge in [0.1, 0.15) is 23.5 Å². The zero-order valence-corrected chi connectivity index (χ0v) is 21.6. The third-order valence-electron chi connectivity index (χ3n) is 5.38. The van der Waals surface area contributed by atoms with E-state index in [9.17, 15) is 15.0 Å². The minimum absolute atomic E-state index is 0.183. The van der Waals surface area contributed by atoms with Crippen LogP contribution in [0.3, 0.4) is 0 Å². The lowest BCUT2D eigenvalue weighted by atomic mass is 10.0. The van der Waals surface area contributed by atoms with Crippen LogP contribution in [0.1, 0.15) is 29.2 Å². The van der Waals surface area contributed by atoms with Crippen LogP contribution in [-0.2, 0) is 5.60 Å². The number of hydrogen-bond donors (Lipinski definition) is 4.